The summed E-state index contributed by atoms with van der Waals surface area (Å²) in [5, 5.41) is 9.82. The molecule has 2 aromatic rings. The number of hydrogen-bond donors (Lipinski definition) is 0. The third kappa shape index (κ3) is 9.42. The van der Waals surface area contributed by atoms with Gasteiger partial charge in [-0.2, -0.15) is 5.26 Å². The Morgan fingerprint density at radius 1 is 0.921 bits per heavy atom. The molecule has 1 aliphatic carbocycles. The van der Waals surface area contributed by atoms with Crippen LogP contribution in [0.2, 0.25) is 0 Å². The summed E-state index contributed by atoms with van der Waals surface area (Å²) in [4.78, 5) is 21.6. The minimum atomic E-state index is -0.311. The van der Waals surface area contributed by atoms with Gasteiger partial charge in [0.15, 0.2) is 11.6 Å². The number of nitrogens with zero attached hydrogens (tertiary/aromatic N) is 3. The second-order valence-corrected chi connectivity index (χ2v) is 10.7. The lowest BCUT2D eigenvalue weighted by atomic mass is 9.71. The van der Waals surface area contributed by atoms with Crippen molar-refractivity contribution in [1.29, 1.82) is 5.26 Å². The molecule has 1 aromatic carbocycles. The van der Waals surface area contributed by atoms with Gasteiger partial charge in [-0.3, -0.25) is 0 Å². The molecular formula is C32H45N3O3. The zero-order valence-corrected chi connectivity index (χ0v) is 23.4. The molecule has 0 spiro atoms. The van der Waals surface area contributed by atoms with Gasteiger partial charge >= 0.3 is 5.97 Å². The van der Waals surface area contributed by atoms with E-state index in [0.29, 0.717) is 23.7 Å². The Morgan fingerprint density at radius 3 is 2.13 bits per heavy atom. The van der Waals surface area contributed by atoms with Crippen molar-refractivity contribution >= 4 is 5.97 Å². The normalized spacial score (nSPS) is 19.0. The van der Waals surface area contributed by atoms with Crippen LogP contribution in [0.25, 0.3) is 11.4 Å². The maximum Gasteiger partial charge on any atom is 0.338 e. The number of carbonyl (C=O) groups is 1. The van der Waals surface area contributed by atoms with E-state index >= 15 is 0 Å². The van der Waals surface area contributed by atoms with E-state index in [9.17, 15) is 10.1 Å². The highest BCUT2D eigenvalue weighted by molar-refractivity contribution is 5.90. The Bertz CT molecular complexity index is 990. The Balaban J connectivity index is 1.42. The Labute approximate surface area is 229 Å². The van der Waals surface area contributed by atoms with E-state index < -0.39 is 0 Å². The predicted octanol–water partition coefficient (Wildman–Crippen LogP) is 8.46. The van der Waals surface area contributed by atoms with Crippen molar-refractivity contribution in [2.24, 2.45) is 5.41 Å². The van der Waals surface area contributed by atoms with Gasteiger partial charge in [-0.05, 0) is 50.7 Å². The van der Waals surface area contributed by atoms with Crippen molar-refractivity contribution in [2.45, 2.75) is 116 Å². The third-order valence-corrected chi connectivity index (χ3v) is 7.68. The largest absolute Gasteiger partial charge is 0.490 e. The first-order chi connectivity index (χ1) is 18.6. The summed E-state index contributed by atoms with van der Waals surface area (Å²) in [5.74, 6) is 0.957. The Hall–Kier alpha value is -2.94. The molecule has 0 unspecified atom stereocenters. The van der Waals surface area contributed by atoms with Crippen molar-refractivity contribution in [3.63, 3.8) is 0 Å². The molecule has 3 rings (SSSR count). The lowest BCUT2D eigenvalue weighted by Crippen LogP contribution is -2.31. The molecule has 0 aliphatic heterocycles. The number of rotatable bonds is 16. The van der Waals surface area contributed by atoms with Crippen LogP contribution in [-0.4, -0.2) is 28.6 Å². The van der Waals surface area contributed by atoms with Gasteiger partial charge in [-0.15, -0.1) is 0 Å². The van der Waals surface area contributed by atoms with Gasteiger partial charge in [0.2, 0.25) is 0 Å². The van der Waals surface area contributed by atoms with E-state index in [4.69, 9.17) is 9.47 Å². The van der Waals surface area contributed by atoms with Gasteiger partial charge in [0.25, 0.3) is 0 Å². The molecule has 0 amide bonds. The molecule has 0 radical (unpaired) electrons. The third-order valence-electron chi connectivity index (χ3n) is 7.68. The van der Waals surface area contributed by atoms with Gasteiger partial charge in [-0.25, -0.2) is 14.8 Å². The number of unbranched alkanes of at least 4 members (excludes halogenated alkanes) is 8. The molecule has 0 saturated heterocycles. The monoisotopic (exact) mass is 519 g/mol. The van der Waals surface area contributed by atoms with Crippen LogP contribution in [0.4, 0.5) is 0 Å². The molecule has 1 saturated carbocycles. The molecule has 38 heavy (non-hydrogen) atoms. The standard InChI is InChI=1S/C32H45N3O3/c1-3-5-7-9-11-19-32(25-33)20-17-28(18-21-32)38-31(36)27-15-13-26(14-16-27)30-34-23-29(24-35-30)37-22-12-10-8-6-4-2/h13-16,23-24,28H,3-12,17-22H2,1-2H3. The molecule has 0 atom stereocenters. The topological polar surface area (TPSA) is 85.1 Å². The molecule has 206 valence electrons. The van der Waals surface area contributed by atoms with Crippen molar-refractivity contribution < 1.29 is 14.3 Å². The summed E-state index contributed by atoms with van der Waals surface area (Å²) < 4.78 is 11.6. The highest BCUT2D eigenvalue weighted by atomic mass is 16.5. The van der Waals surface area contributed by atoms with E-state index in [2.05, 4.69) is 29.9 Å². The summed E-state index contributed by atoms with van der Waals surface area (Å²) in [6.45, 7) is 5.11. The van der Waals surface area contributed by atoms with Crippen LogP contribution in [0.1, 0.15) is 121 Å². The molecule has 1 heterocycles. The maximum absolute atomic E-state index is 12.8. The minimum absolute atomic E-state index is 0.119. The van der Waals surface area contributed by atoms with Gasteiger partial charge < -0.3 is 9.47 Å². The number of aromatic nitrogens is 2. The summed E-state index contributed by atoms with van der Waals surface area (Å²) >= 11 is 0. The van der Waals surface area contributed by atoms with Crippen LogP contribution >= 0.6 is 0 Å². The highest BCUT2D eigenvalue weighted by Gasteiger charge is 2.36. The smallest absolute Gasteiger partial charge is 0.338 e. The molecule has 0 N–H and O–H groups in total. The minimum Gasteiger partial charge on any atom is -0.490 e. The number of benzene rings is 1. The number of hydrogen-bond acceptors (Lipinski definition) is 6. The summed E-state index contributed by atoms with van der Waals surface area (Å²) in [7, 11) is 0. The van der Waals surface area contributed by atoms with Crippen molar-refractivity contribution in [2.75, 3.05) is 6.61 Å². The van der Waals surface area contributed by atoms with E-state index in [0.717, 1.165) is 50.5 Å². The fourth-order valence-electron chi connectivity index (χ4n) is 5.16. The first-order valence-electron chi connectivity index (χ1n) is 14.8. The quantitative estimate of drug-likeness (QED) is 0.163. The van der Waals surface area contributed by atoms with Crippen LogP contribution in [0.5, 0.6) is 5.75 Å². The highest BCUT2D eigenvalue weighted by Crippen LogP contribution is 2.41. The van der Waals surface area contributed by atoms with Gasteiger partial charge in [0, 0.05) is 5.56 Å². The zero-order chi connectivity index (χ0) is 27.1. The summed E-state index contributed by atoms with van der Waals surface area (Å²) in [5.41, 5.74) is 1.11. The molecule has 1 fully saturated rings. The molecular weight excluding hydrogens is 474 g/mol. The molecule has 0 bridgehead atoms. The molecule has 1 aliphatic rings. The van der Waals surface area contributed by atoms with Gasteiger partial charge in [0.1, 0.15) is 6.10 Å². The number of nitriles is 1. The fourth-order valence-corrected chi connectivity index (χ4v) is 5.16. The second kappa shape index (κ2) is 16.1. The van der Waals surface area contributed by atoms with Crippen molar-refractivity contribution in [3.8, 4) is 23.2 Å². The van der Waals surface area contributed by atoms with Crippen molar-refractivity contribution in [1.82, 2.24) is 9.97 Å². The molecule has 6 heteroatoms. The number of carbonyl (C=O) groups excluding carboxylic acids is 1. The SMILES string of the molecule is CCCCCCCOc1cnc(-c2ccc(C(=O)OC3CCC(C#N)(CCCCCCC)CC3)cc2)nc1. The first-order valence-corrected chi connectivity index (χ1v) is 14.8. The molecule has 6 nitrogen and oxygen atoms in total. The van der Waals surface area contributed by atoms with E-state index in [1.165, 1.54) is 51.4 Å². The van der Waals surface area contributed by atoms with Gasteiger partial charge in [-0.1, -0.05) is 83.8 Å². The second-order valence-electron chi connectivity index (χ2n) is 10.7. The maximum atomic E-state index is 12.8. The van der Waals surface area contributed by atoms with Crippen LogP contribution in [0, 0.1) is 16.7 Å². The zero-order valence-electron chi connectivity index (χ0n) is 23.4. The van der Waals surface area contributed by atoms with Crippen LogP contribution in [0.3, 0.4) is 0 Å². The van der Waals surface area contributed by atoms with E-state index in [-0.39, 0.29) is 17.5 Å². The fraction of sp³-hybridized carbons (Fsp3) is 0.625. The van der Waals surface area contributed by atoms with Crippen LogP contribution in [0.15, 0.2) is 36.7 Å². The van der Waals surface area contributed by atoms with Crippen LogP contribution in [-0.2, 0) is 4.74 Å². The number of esters is 1. The van der Waals surface area contributed by atoms with Crippen molar-refractivity contribution in [3.05, 3.63) is 42.2 Å². The van der Waals surface area contributed by atoms with Crippen LogP contribution < -0.4 is 4.74 Å². The number of ether oxygens (including phenoxy) is 2. The lowest BCUT2D eigenvalue weighted by molar-refractivity contribution is 0.0105. The Morgan fingerprint density at radius 2 is 1.53 bits per heavy atom. The van der Waals surface area contributed by atoms with Gasteiger partial charge in [0.05, 0.1) is 36.0 Å². The first kappa shape index (κ1) is 29.6. The van der Waals surface area contributed by atoms with E-state index in [1.807, 2.05) is 12.1 Å². The predicted molar refractivity (Wildman–Crippen MR) is 151 cm³/mol. The lowest BCUT2D eigenvalue weighted by Gasteiger charge is -2.34. The Kier molecular flexibility index (Phi) is 12.6. The molecule has 1 aromatic heterocycles. The average molecular weight is 520 g/mol. The average Bonchev–Trinajstić information content (AvgIpc) is 2.96. The summed E-state index contributed by atoms with van der Waals surface area (Å²) in [6, 6.07) is 9.82. The summed E-state index contributed by atoms with van der Waals surface area (Å²) in [6.07, 6.45) is 19.4. The van der Waals surface area contributed by atoms with E-state index in [1.54, 1.807) is 24.5 Å².